The van der Waals surface area contributed by atoms with Crippen LogP contribution in [0, 0.1) is 0 Å². The highest BCUT2D eigenvalue weighted by molar-refractivity contribution is 8.14. The van der Waals surface area contributed by atoms with Crippen LogP contribution in [0.3, 0.4) is 0 Å². The van der Waals surface area contributed by atoms with E-state index in [0.717, 1.165) is 5.56 Å². The van der Waals surface area contributed by atoms with Gasteiger partial charge in [-0.2, -0.15) is 0 Å². The van der Waals surface area contributed by atoms with E-state index >= 15 is 0 Å². The van der Waals surface area contributed by atoms with E-state index in [1.165, 1.54) is 11.8 Å². The second-order valence-electron chi connectivity index (χ2n) is 5.40. The van der Waals surface area contributed by atoms with Gasteiger partial charge in [-0.3, -0.25) is 9.79 Å². The van der Waals surface area contributed by atoms with Crippen LogP contribution < -0.4 is 0 Å². The van der Waals surface area contributed by atoms with Crippen LogP contribution in [0.5, 0.6) is 0 Å². The van der Waals surface area contributed by atoms with Crippen molar-refractivity contribution in [3.8, 4) is 0 Å². The van der Waals surface area contributed by atoms with E-state index in [4.69, 9.17) is 11.6 Å². The zero-order valence-electron chi connectivity index (χ0n) is 13.1. The molecule has 1 unspecified atom stereocenters. The number of thioether (sulfide) groups is 1. The molecule has 24 heavy (non-hydrogen) atoms. The normalized spacial score (nSPS) is 21.8. The Morgan fingerprint density at radius 3 is 2.46 bits per heavy atom. The third-order valence-electron chi connectivity index (χ3n) is 3.85. The van der Waals surface area contributed by atoms with E-state index in [9.17, 15) is 9.90 Å². The molecule has 3 rings (SSSR count). The van der Waals surface area contributed by atoms with Crippen LogP contribution in [0.15, 0.2) is 65.2 Å². The molecule has 0 amide bonds. The summed E-state index contributed by atoms with van der Waals surface area (Å²) < 4.78 is 0. The fourth-order valence-electron chi connectivity index (χ4n) is 2.63. The first-order valence-corrected chi connectivity index (χ1v) is 8.77. The molecule has 1 aliphatic rings. The van der Waals surface area contributed by atoms with Gasteiger partial charge in [-0.15, -0.1) is 0 Å². The van der Waals surface area contributed by atoms with Crippen molar-refractivity contribution in [2.24, 2.45) is 4.99 Å². The zero-order valence-corrected chi connectivity index (χ0v) is 14.6. The van der Waals surface area contributed by atoms with Gasteiger partial charge in [-0.05, 0) is 17.7 Å². The lowest BCUT2D eigenvalue weighted by atomic mass is 9.99. The highest BCUT2D eigenvalue weighted by atomic mass is 35.5. The maximum atomic E-state index is 12.7. The van der Waals surface area contributed by atoms with Gasteiger partial charge in [0.2, 0.25) is 0 Å². The van der Waals surface area contributed by atoms with Crippen LogP contribution in [0.25, 0.3) is 5.76 Å². The summed E-state index contributed by atoms with van der Waals surface area (Å²) in [6.07, 6.45) is 0.317. The minimum atomic E-state index is -0.101. The van der Waals surface area contributed by atoms with Gasteiger partial charge in [0.25, 0.3) is 0 Å². The second kappa shape index (κ2) is 7.24. The van der Waals surface area contributed by atoms with Crippen molar-refractivity contribution >= 4 is 39.9 Å². The molecule has 1 aliphatic heterocycles. The monoisotopic (exact) mass is 357 g/mol. The van der Waals surface area contributed by atoms with Gasteiger partial charge in [0.05, 0.1) is 5.57 Å². The number of carbonyl (C=O) groups is 1. The summed E-state index contributed by atoms with van der Waals surface area (Å²) in [6.45, 7) is 0. The van der Waals surface area contributed by atoms with Crippen LogP contribution in [0.2, 0.25) is 5.02 Å². The smallest absolute Gasteiger partial charge is 0.170 e. The Hall–Kier alpha value is -2.04. The van der Waals surface area contributed by atoms with E-state index in [0.29, 0.717) is 27.6 Å². The lowest BCUT2D eigenvalue weighted by Gasteiger charge is -2.25. The summed E-state index contributed by atoms with van der Waals surface area (Å²) in [5.74, 6) is -0.112. The van der Waals surface area contributed by atoms with Gasteiger partial charge in [0.15, 0.2) is 5.78 Å². The summed E-state index contributed by atoms with van der Waals surface area (Å²) in [5, 5.41) is 11.8. The number of aliphatic hydroxyl groups excluding tert-OH is 1. The molecule has 2 aromatic carbocycles. The van der Waals surface area contributed by atoms with Crippen molar-refractivity contribution < 1.29 is 9.90 Å². The number of halogens is 1. The number of hydrogen-bond donors (Lipinski definition) is 1. The SMILES string of the molecule is CN=C1SC(c2ccc(Cl)cc2)CC(=O)/C1=C(/O)c1ccccc1. The Kier molecular flexibility index (Phi) is 5.07. The van der Waals surface area contributed by atoms with E-state index < -0.39 is 0 Å². The Labute approximate surface area is 150 Å². The van der Waals surface area contributed by atoms with Gasteiger partial charge in [-0.25, -0.2) is 0 Å². The number of rotatable bonds is 2. The number of aliphatic imine (C=N–C) groups is 1. The number of aliphatic hydroxyl groups is 1. The molecule has 1 heterocycles. The van der Waals surface area contributed by atoms with E-state index in [2.05, 4.69) is 4.99 Å². The average Bonchev–Trinajstić information content (AvgIpc) is 2.61. The lowest BCUT2D eigenvalue weighted by Crippen LogP contribution is -2.22. The van der Waals surface area contributed by atoms with Crippen molar-refractivity contribution in [1.29, 1.82) is 0 Å². The Balaban J connectivity index is 1.96. The molecule has 1 fully saturated rings. The number of benzene rings is 2. The first-order chi connectivity index (χ1) is 11.6. The topological polar surface area (TPSA) is 49.7 Å². The molecule has 1 N–H and O–H groups in total. The highest BCUT2D eigenvalue weighted by Crippen LogP contribution is 2.42. The summed E-state index contributed by atoms with van der Waals surface area (Å²) in [6, 6.07) is 16.5. The van der Waals surface area contributed by atoms with Crippen LogP contribution in [-0.4, -0.2) is 23.0 Å². The molecule has 3 nitrogen and oxygen atoms in total. The predicted octanol–water partition coefficient (Wildman–Crippen LogP) is 5.08. The van der Waals surface area contributed by atoms with Crippen LogP contribution in [-0.2, 0) is 4.79 Å². The minimum absolute atomic E-state index is 0.0109. The highest BCUT2D eigenvalue weighted by Gasteiger charge is 2.33. The fraction of sp³-hybridized carbons (Fsp3) is 0.158. The van der Waals surface area contributed by atoms with E-state index in [-0.39, 0.29) is 16.8 Å². The van der Waals surface area contributed by atoms with Gasteiger partial charge in [0, 0.05) is 29.3 Å². The predicted molar refractivity (Wildman–Crippen MR) is 101 cm³/mol. The molecule has 5 heteroatoms. The molecule has 0 radical (unpaired) electrons. The average molecular weight is 358 g/mol. The molecule has 122 valence electrons. The Bertz CT molecular complexity index is 813. The first-order valence-electron chi connectivity index (χ1n) is 7.51. The Morgan fingerprint density at radius 2 is 1.83 bits per heavy atom. The van der Waals surface area contributed by atoms with Crippen LogP contribution in [0.1, 0.15) is 22.8 Å². The van der Waals surface area contributed by atoms with Gasteiger partial charge in [-0.1, -0.05) is 65.8 Å². The largest absolute Gasteiger partial charge is 0.506 e. The van der Waals surface area contributed by atoms with Gasteiger partial charge < -0.3 is 5.11 Å². The third-order valence-corrected chi connectivity index (χ3v) is 5.43. The summed E-state index contributed by atoms with van der Waals surface area (Å²) in [4.78, 5) is 16.9. The molecule has 2 aromatic rings. The third kappa shape index (κ3) is 3.40. The Morgan fingerprint density at radius 1 is 1.17 bits per heavy atom. The summed E-state index contributed by atoms with van der Waals surface area (Å²) in [7, 11) is 1.64. The number of hydrogen-bond acceptors (Lipinski definition) is 4. The molecule has 0 saturated carbocycles. The molecular formula is C19H16ClNO2S. The molecule has 1 saturated heterocycles. The van der Waals surface area contributed by atoms with Crippen LogP contribution >= 0.6 is 23.4 Å². The van der Waals surface area contributed by atoms with Crippen molar-refractivity contribution in [2.75, 3.05) is 7.05 Å². The number of Topliss-reactive ketones (excluding diaryl/α,β-unsaturated/α-hetero) is 1. The number of nitrogens with zero attached hydrogens (tertiary/aromatic N) is 1. The number of ketones is 1. The first kappa shape index (κ1) is 16.8. The quantitative estimate of drug-likeness (QED) is 0.602. The molecule has 0 spiro atoms. The van der Waals surface area contributed by atoms with Crippen molar-refractivity contribution in [3.63, 3.8) is 0 Å². The van der Waals surface area contributed by atoms with E-state index in [1.54, 1.807) is 19.2 Å². The standard InChI is InChI=1S/C19H16ClNO2S/c1-21-19-17(18(23)13-5-3-2-4-6-13)15(22)11-16(24-19)12-7-9-14(20)10-8-12/h2-10,16,23H,11H2,1H3/b18-17-,21-19?. The molecule has 1 atom stereocenters. The van der Waals surface area contributed by atoms with Crippen molar-refractivity contribution in [2.45, 2.75) is 11.7 Å². The summed E-state index contributed by atoms with van der Waals surface area (Å²) in [5.41, 5.74) is 1.95. The summed E-state index contributed by atoms with van der Waals surface area (Å²) >= 11 is 7.42. The maximum absolute atomic E-state index is 12.7. The van der Waals surface area contributed by atoms with Gasteiger partial charge in [0.1, 0.15) is 10.8 Å². The molecule has 0 aromatic heterocycles. The maximum Gasteiger partial charge on any atom is 0.170 e. The fourth-order valence-corrected chi connectivity index (χ4v) is 3.98. The van der Waals surface area contributed by atoms with Gasteiger partial charge >= 0.3 is 0 Å². The molecule has 0 bridgehead atoms. The molecular weight excluding hydrogens is 342 g/mol. The second-order valence-corrected chi connectivity index (χ2v) is 7.03. The van der Waals surface area contributed by atoms with E-state index in [1.807, 2.05) is 42.5 Å². The minimum Gasteiger partial charge on any atom is -0.506 e. The number of carbonyl (C=O) groups excluding carboxylic acids is 1. The molecule has 0 aliphatic carbocycles. The van der Waals surface area contributed by atoms with Crippen molar-refractivity contribution in [3.05, 3.63) is 76.3 Å². The zero-order chi connectivity index (χ0) is 17.1. The lowest BCUT2D eigenvalue weighted by molar-refractivity contribution is -0.115. The van der Waals surface area contributed by atoms with Crippen molar-refractivity contribution in [1.82, 2.24) is 0 Å². The van der Waals surface area contributed by atoms with Crippen LogP contribution in [0.4, 0.5) is 0 Å².